The lowest BCUT2D eigenvalue weighted by molar-refractivity contribution is -0.142. The predicted octanol–water partition coefficient (Wildman–Crippen LogP) is 1.84. The van der Waals surface area contributed by atoms with Crippen molar-refractivity contribution in [1.29, 1.82) is 0 Å². The number of aryl methyl sites for hydroxylation is 2. The van der Waals surface area contributed by atoms with Crippen LogP contribution >= 0.6 is 0 Å². The molecule has 2 aromatic heterocycles. The van der Waals surface area contributed by atoms with Gasteiger partial charge in [0, 0.05) is 12.4 Å². The second-order valence-corrected chi connectivity index (χ2v) is 6.60. The summed E-state index contributed by atoms with van der Waals surface area (Å²) in [6.45, 7) is 1.68. The van der Waals surface area contributed by atoms with Gasteiger partial charge in [-0.05, 0) is 25.5 Å². The molecule has 0 aromatic carbocycles. The first kappa shape index (κ1) is 17.1. The van der Waals surface area contributed by atoms with E-state index in [2.05, 4.69) is 14.8 Å². The minimum atomic E-state index is -4.45. The number of nitrogen functional groups attached to an aromatic ring is 1. The number of hydrogen-bond acceptors (Lipinski definition) is 5. The van der Waals surface area contributed by atoms with Crippen molar-refractivity contribution in [1.82, 2.24) is 14.8 Å². The lowest BCUT2D eigenvalue weighted by Crippen LogP contribution is -2.18. The van der Waals surface area contributed by atoms with Crippen molar-refractivity contribution in [3.63, 3.8) is 0 Å². The Kier molecular flexibility index (Phi) is 4.24. The SMILES string of the molecule is Cc1cc(S(=O)(=O)Nc2cn(CC(F)(F)F)nc2C)cnc1N. The van der Waals surface area contributed by atoms with Gasteiger partial charge in [-0.2, -0.15) is 18.3 Å². The molecule has 2 heterocycles. The quantitative estimate of drug-likeness (QED) is 0.877. The Labute approximate surface area is 130 Å². The number of rotatable bonds is 4. The summed E-state index contributed by atoms with van der Waals surface area (Å²) in [6, 6.07) is 1.32. The molecule has 0 aliphatic heterocycles. The number of nitrogens with two attached hydrogens (primary N) is 1. The molecule has 2 rings (SSSR count). The van der Waals surface area contributed by atoms with Gasteiger partial charge < -0.3 is 5.73 Å². The molecule has 0 unspecified atom stereocenters. The molecule has 11 heteroatoms. The van der Waals surface area contributed by atoms with E-state index >= 15 is 0 Å². The Bertz CT molecular complexity index is 830. The summed E-state index contributed by atoms with van der Waals surface area (Å²) >= 11 is 0. The van der Waals surface area contributed by atoms with Crippen LogP contribution in [-0.2, 0) is 16.6 Å². The van der Waals surface area contributed by atoms with E-state index in [9.17, 15) is 21.6 Å². The molecule has 126 valence electrons. The van der Waals surface area contributed by atoms with Crippen LogP contribution < -0.4 is 10.5 Å². The van der Waals surface area contributed by atoms with Gasteiger partial charge in [0.05, 0.1) is 11.4 Å². The molecule has 0 spiro atoms. The lowest BCUT2D eigenvalue weighted by Gasteiger charge is -2.08. The van der Waals surface area contributed by atoms with Crippen LogP contribution in [0.2, 0.25) is 0 Å². The molecule has 0 saturated heterocycles. The predicted molar refractivity (Wildman–Crippen MR) is 77.2 cm³/mol. The van der Waals surface area contributed by atoms with Gasteiger partial charge in [0.1, 0.15) is 17.3 Å². The molecule has 0 bridgehead atoms. The third-order valence-corrected chi connectivity index (χ3v) is 4.27. The summed E-state index contributed by atoms with van der Waals surface area (Å²) in [4.78, 5) is 3.61. The van der Waals surface area contributed by atoms with Gasteiger partial charge in [0.2, 0.25) is 0 Å². The van der Waals surface area contributed by atoms with Gasteiger partial charge in [-0.3, -0.25) is 9.40 Å². The van der Waals surface area contributed by atoms with Crippen LogP contribution in [-0.4, -0.2) is 29.4 Å². The first-order valence-corrected chi connectivity index (χ1v) is 7.82. The smallest absolute Gasteiger partial charge is 0.383 e. The van der Waals surface area contributed by atoms with Gasteiger partial charge >= 0.3 is 6.18 Å². The maximum Gasteiger partial charge on any atom is 0.408 e. The molecule has 0 radical (unpaired) electrons. The van der Waals surface area contributed by atoms with Crippen molar-refractivity contribution in [2.24, 2.45) is 0 Å². The van der Waals surface area contributed by atoms with Crippen LogP contribution in [0, 0.1) is 13.8 Å². The number of nitrogens with one attached hydrogen (secondary N) is 1. The average Bonchev–Trinajstić information content (AvgIpc) is 2.69. The number of sulfonamides is 1. The second kappa shape index (κ2) is 5.72. The Hall–Kier alpha value is -2.30. The molecule has 0 saturated carbocycles. The molecule has 0 atom stereocenters. The average molecular weight is 349 g/mol. The zero-order valence-electron chi connectivity index (χ0n) is 12.2. The number of nitrogens with zero attached hydrogens (tertiary/aromatic N) is 3. The molecule has 0 aliphatic carbocycles. The molecular weight excluding hydrogens is 335 g/mol. The van der Waals surface area contributed by atoms with Gasteiger partial charge in [0.25, 0.3) is 10.0 Å². The lowest BCUT2D eigenvalue weighted by atomic mass is 10.3. The first-order chi connectivity index (χ1) is 10.5. The first-order valence-electron chi connectivity index (χ1n) is 6.34. The number of anilines is 2. The third kappa shape index (κ3) is 4.12. The number of hydrogen-bond donors (Lipinski definition) is 2. The maximum atomic E-state index is 12.3. The molecular formula is C12H14F3N5O2S. The zero-order valence-corrected chi connectivity index (χ0v) is 13.0. The second-order valence-electron chi connectivity index (χ2n) is 4.92. The molecule has 2 aromatic rings. The molecule has 23 heavy (non-hydrogen) atoms. The van der Waals surface area contributed by atoms with Crippen LogP contribution in [0.1, 0.15) is 11.3 Å². The van der Waals surface area contributed by atoms with E-state index in [0.29, 0.717) is 10.2 Å². The third-order valence-electron chi connectivity index (χ3n) is 2.94. The van der Waals surface area contributed by atoms with E-state index in [1.165, 1.54) is 13.0 Å². The largest absolute Gasteiger partial charge is 0.408 e. The van der Waals surface area contributed by atoms with E-state index in [-0.39, 0.29) is 22.1 Å². The van der Waals surface area contributed by atoms with Crippen molar-refractivity contribution in [3.8, 4) is 0 Å². The normalized spacial score (nSPS) is 12.4. The van der Waals surface area contributed by atoms with Crippen molar-refractivity contribution in [3.05, 3.63) is 29.7 Å². The van der Waals surface area contributed by atoms with E-state index < -0.39 is 22.7 Å². The summed E-state index contributed by atoms with van der Waals surface area (Å²) in [5.74, 6) is 0.193. The van der Waals surface area contributed by atoms with Gasteiger partial charge in [0.15, 0.2) is 0 Å². The van der Waals surface area contributed by atoms with E-state index in [1.54, 1.807) is 6.92 Å². The maximum absolute atomic E-state index is 12.3. The standard InChI is InChI=1S/C12H14F3N5O2S/c1-7-3-9(4-17-11(7)16)23(21,22)19-10-5-20(18-8(10)2)6-12(13,14)15/h3-5,19H,6H2,1-2H3,(H2,16,17). The highest BCUT2D eigenvalue weighted by Crippen LogP contribution is 2.23. The Morgan fingerprint density at radius 2 is 2.00 bits per heavy atom. The summed E-state index contributed by atoms with van der Waals surface area (Å²) in [6.07, 6.45) is -2.40. The van der Waals surface area contributed by atoms with Crippen molar-refractivity contribution >= 4 is 21.5 Å². The number of alkyl halides is 3. The van der Waals surface area contributed by atoms with Crippen LogP contribution in [0.3, 0.4) is 0 Å². The highest BCUT2D eigenvalue weighted by atomic mass is 32.2. The summed E-state index contributed by atoms with van der Waals surface area (Å²) in [5.41, 5.74) is 6.08. The monoisotopic (exact) mass is 349 g/mol. The van der Waals surface area contributed by atoms with Gasteiger partial charge in [-0.15, -0.1) is 0 Å². The molecule has 0 aliphatic rings. The minimum absolute atomic E-state index is 0.0382. The number of aromatic nitrogens is 3. The topological polar surface area (TPSA) is 103 Å². The Balaban J connectivity index is 2.28. The molecule has 0 fully saturated rings. The van der Waals surface area contributed by atoms with Crippen LogP contribution in [0.25, 0.3) is 0 Å². The van der Waals surface area contributed by atoms with Gasteiger partial charge in [-0.25, -0.2) is 13.4 Å². The van der Waals surface area contributed by atoms with Crippen LogP contribution in [0.15, 0.2) is 23.4 Å². The minimum Gasteiger partial charge on any atom is -0.383 e. The van der Waals surface area contributed by atoms with Crippen molar-refractivity contribution in [2.45, 2.75) is 31.5 Å². The number of pyridine rings is 1. The molecule has 7 nitrogen and oxygen atoms in total. The highest BCUT2D eigenvalue weighted by Gasteiger charge is 2.29. The summed E-state index contributed by atoms with van der Waals surface area (Å²) in [7, 11) is -4.01. The highest BCUT2D eigenvalue weighted by molar-refractivity contribution is 7.92. The summed E-state index contributed by atoms with van der Waals surface area (Å²) in [5, 5.41) is 3.64. The fourth-order valence-electron chi connectivity index (χ4n) is 1.79. The van der Waals surface area contributed by atoms with E-state index in [4.69, 9.17) is 5.73 Å². The van der Waals surface area contributed by atoms with E-state index in [1.807, 2.05) is 0 Å². The Morgan fingerprint density at radius 1 is 1.35 bits per heavy atom. The zero-order chi connectivity index (χ0) is 17.4. The summed E-state index contributed by atoms with van der Waals surface area (Å²) < 4.78 is 64.4. The van der Waals surface area contributed by atoms with Crippen LogP contribution in [0.5, 0.6) is 0 Å². The molecule has 3 N–H and O–H groups in total. The Morgan fingerprint density at radius 3 is 2.57 bits per heavy atom. The molecule has 0 amide bonds. The fraction of sp³-hybridized carbons (Fsp3) is 0.333. The van der Waals surface area contributed by atoms with E-state index in [0.717, 1.165) is 12.4 Å². The number of halogens is 3. The van der Waals surface area contributed by atoms with Crippen LogP contribution in [0.4, 0.5) is 24.7 Å². The van der Waals surface area contributed by atoms with Gasteiger partial charge in [-0.1, -0.05) is 0 Å². The van der Waals surface area contributed by atoms with Crippen molar-refractivity contribution in [2.75, 3.05) is 10.5 Å². The fourth-order valence-corrected chi connectivity index (χ4v) is 2.92. The van der Waals surface area contributed by atoms with Crippen molar-refractivity contribution < 1.29 is 21.6 Å².